The Hall–Kier alpha value is -2.82. The van der Waals surface area contributed by atoms with Crippen LogP contribution in [0.25, 0.3) is 0 Å². The molecule has 0 aliphatic heterocycles. The van der Waals surface area contributed by atoms with Gasteiger partial charge in [-0.25, -0.2) is 13.0 Å². The number of rotatable bonds is 3. The van der Waals surface area contributed by atoms with Crippen molar-refractivity contribution in [3.05, 3.63) is 65.0 Å². The highest BCUT2D eigenvalue weighted by Crippen LogP contribution is 2.54. The third kappa shape index (κ3) is 4.57. The van der Waals surface area contributed by atoms with E-state index in [1.165, 1.54) is 23.9 Å². The minimum Gasteiger partial charge on any atom is -0.744 e. The number of allylic oxidation sites excluding steroid dienone is 2. The average Bonchev–Trinajstić information content (AvgIpc) is 3.04. The second-order valence-electron chi connectivity index (χ2n) is 8.63. The fraction of sp³-hybridized carbons (Fsp3) is 0.333. The van der Waals surface area contributed by atoms with Crippen molar-refractivity contribution in [2.24, 2.45) is 14.1 Å². The molecule has 34 heavy (non-hydrogen) atoms. The van der Waals surface area contributed by atoms with Crippen LogP contribution < -0.4 is 4.68 Å². The van der Waals surface area contributed by atoms with Gasteiger partial charge in [0.15, 0.2) is 0 Å². The zero-order valence-electron chi connectivity index (χ0n) is 19.4. The molecular weight excluding hydrogens is 474 g/mol. The van der Waals surface area contributed by atoms with Crippen molar-refractivity contribution in [3.63, 3.8) is 0 Å². The number of benzene rings is 2. The maximum absolute atomic E-state index is 10.8. The second kappa shape index (κ2) is 9.09. The molecule has 2 atom stereocenters. The zero-order valence-corrected chi connectivity index (χ0v) is 21.0. The fourth-order valence-corrected chi connectivity index (χ4v) is 5.80. The van der Waals surface area contributed by atoms with Gasteiger partial charge in [0.2, 0.25) is 0 Å². The van der Waals surface area contributed by atoms with E-state index >= 15 is 0 Å². The predicted molar refractivity (Wildman–Crippen MR) is 126 cm³/mol. The van der Waals surface area contributed by atoms with Gasteiger partial charge < -0.3 is 14.8 Å². The summed E-state index contributed by atoms with van der Waals surface area (Å²) in [6.07, 6.45) is 6.40. The molecule has 0 amide bonds. The van der Waals surface area contributed by atoms with Crippen molar-refractivity contribution >= 4 is 21.9 Å². The first kappa shape index (κ1) is 24.3. The first-order valence-electron chi connectivity index (χ1n) is 10.8. The molecule has 8 nitrogen and oxygen atoms in total. The van der Waals surface area contributed by atoms with E-state index in [9.17, 15) is 23.2 Å². The first-order valence-corrected chi connectivity index (χ1v) is 13.1. The molecule has 3 aliphatic carbocycles. The van der Waals surface area contributed by atoms with Crippen molar-refractivity contribution in [1.29, 1.82) is 0 Å². The highest BCUT2D eigenvalue weighted by molar-refractivity contribution is 7.99. The quantitative estimate of drug-likeness (QED) is 0.244. The molecule has 6 rings (SSSR count). The highest BCUT2D eigenvalue weighted by atomic mass is 32.2. The molecule has 2 unspecified atom stereocenters. The van der Waals surface area contributed by atoms with Gasteiger partial charge in [-0.2, -0.15) is 0 Å². The molecule has 0 radical (unpaired) electrons. The van der Waals surface area contributed by atoms with Gasteiger partial charge in [0.25, 0.3) is 11.0 Å². The number of aromatic hydroxyl groups is 2. The third-order valence-corrected chi connectivity index (χ3v) is 8.33. The first-order chi connectivity index (χ1) is 16.0. The zero-order chi connectivity index (χ0) is 24.8. The molecule has 2 N–H and O–H groups in total. The van der Waals surface area contributed by atoms with E-state index in [0.717, 1.165) is 40.5 Å². The molecular formula is C24H27N3O5S2. The third-order valence-electron chi connectivity index (χ3n) is 6.42. The SMILES string of the molecule is Cc1ccc(S(=O)(=O)[O-])cc1.Cc1n(C)c(Sc2cc(O)c3c(c2O)C2C=CC3CC2)n[n+]1C. The Labute approximate surface area is 203 Å². The number of nitrogens with zero attached hydrogens (tertiary/aromatic N) is 3. The van der Waals surface area contributed by atoms with E-state index in [0.29, 0.717) is 10.6 Å². The standard InChI is InChI=1S/C17H19N3O2S.C7H8O3S/c1-9-19(2)17(18-20(9)3)23-13-8-12(21)14-10-4-6-11(7-5-10)15(14)16(13)22;1-6-2-4-7(5-3-6)11(8,9)10/h4,6,8,10-11H,5,7H2,1-3H3,(H-,21,22);2-5H,1H3,(H,8,9,10). The number of phenolic OH excluding ortho intramolecular Hbond substituents is 2. The van der Waals surface area contributed by atoms with Crippen molar-refractivity contribution in [2.45, 2.75) is 53.5 Å². The molecule has 0 saturated carbocycles. The Kier molecular flexibility index (Phi) is 6.50. The molecule has 3 aliphatic rings. The van der Waals surface area contributed by atoms with Crippen LogP contribution in [0.1, 0.15) is 47.2 Å². The number of hydrogen-bond acceptors (Lipinski definition) is 7. The lowest BCUT2D eigenvalue weighted by molar-refractivity contribution is -0.736. The minimum atomic E-state index is -4.27. The van der Waals surface area contributed by atoms with Gasteiger partial charge >= 0.3 is 0 Å². The molecule has 2 aromatic carbocycles. The van der Waals surface area contributed by atoms with Crippen molar-refractivity contribution in [3.8, 4) is 11.5 Å². The van der Waals surface area contributed by atoms with Gasteiger partial charge in [0.05, 0.1) is 16.8 Å². The van der Waals surface area contributed by atoms with Crippen LogP contribution in [0.5, 0.6) is 11.5 Å². The van der Waals surface area contributed by atoms with Gasteiger partial charge in [-0.3, -0.25) is 0 Å². The lowest BCUT2D eigenvalue weighted by Crippen LogP contribution is -2.33. The number of fused-ring (bicyclic) bond motifs is 1. The number of phenols is 2. The smallest absolute Gasteiger partial charge is 0.299 e. The summed E-state index contributed by atoms with van der Waals surface area (Å²) >= 11 is 1.39. The van der Waals surface area contributed by atoms with Gasteiger partial charge in [-0.15, -0.1) is 4.68 Å². The number of hydrogen-bond donors (Lipinski definition) is 2. The monoisotopic (exact) mass is 501 g/mol. The molecule has 0 spiro atoms. The minimum absolute atomic E-state index is 0.178. The van der Waals surface area contributed by atoms with E-state index in [-0.39, 0.29) is 22.5 Å². The van der Waals surface area contributed by atoms with Crippen LogP contribution in [0.3, 0.4) is 0 Å². The molecule has 1 heterocycles. The number of aromatic nitrogens is 3. The van der Waals surface area contributed by atoms with Crippen LogP contribution in [-0.4, -0.2) is 32.8 Å². The lowest BCUT2D eigenvalue weighted by Gasteiger charge is -2.34. The molecule has 2 bridgehead atoms. The molecule has 1 aromatic heterocycles. The molecule has 10 heteroatoms. The van der Waals surface area contributed by atoms with E-state index in [2.05, 4.69) is 17.3 Å². The van der Waals surface area contributed by atoms with Crippen LogP contribution in [-0.2, 0) is 24.2 Å². The van der Waals surface area contributed by atoms with Crippen molar-refractivity contribution < 1.29 is 27.9 Å². The van der Waals surface area contributed by atoms with Crippen molar-refractivity contribution in [1.82, 2.24) is 9.67 Å². The van der Waals surface area contributed by atoms with Crippen LogP contribution in [0.2, 0.25) is 0 Å². The van der Waals surface area contributed by atoms with Crippen LogP contribution in [0.15, 0.2) is 57.4 Å². The molecule has 180 valence electrons. The van der Waals surface area contributed by atoms with Crippen molar-refractivity contribution in [2.75, 3.05) is 0 Å². The van der Waals surface area contributed by atoms with E-state index < -0.39 is 10.1 Å². The summed E-state index contributed by atoms with van der Waals surface area (Å²) in [5.41, 5.74) is 2.74. The second-order valence-corrected chi connectivity index (χ2v) is 11.0. The summed E-state index contributed by atoms with van der Waals surface area (Å²) in [6, 6.07) is 7.46. The van der Waals surface area contributed by atoms with Crippen LogP contribution in [0.4, 0.5) is 0 Å². The topological polar surface area (TPSA) is 119 Å². The van der Waals surface area contributed by atoms with Gasteiger partial charge in [0, 0.05) is 29.9 Å². The number of aryl methyl sites for hydroxylation is 2. The van der Waals surface area contributed by atoms with Crippen LogP contribution in [0, 0.1) is 13.8 Å². The van der Waals surface area contributed by atoms with Crippen LogP contribution >= 0.6 is 11.8 Å². The summed E-state index contributed by atoms with van der Waals surface area (Å²) in [6.45, 7) is 3.81. The molecule has 3 aromatic rings. The molecule has 0 fully saturated rings. The van der Waals surface area contributed by atoms with E-state index in [1.54, 1.807) is 18.2 Å². The maximum atomic E-state index is 10.8. The summed E-state index contributed by atoms with van der Waals surface area (Å²) < 4.78 is 35.0. The summed E-state index contributed by atoms with van der Waals surface area (Å²) in [5, 5.41) is 26.6. The predicted octanol–water partition coefficient (Wildman–Crippen LogP) is 3.55. The normalized spacial score (nSPS) is 18.4. The van der Waals surface area contributed by atoms with E-state index in [4.69, 9.17) is 0 Å². The largest absolute Gasteiger partial charge is 0.744 e. The summed E-state index contributed by atoms with van der Waals surface area (Å²) in [5.74, 6) is 2.05. The average molecular weight is 502 g/mol. The Bertz CT molecular complexity index is 1380. The van der Waals surface area contributed by atoms with Gasteiger partial charge in [-0.1, -0.05) is 29.8 Å². The summed E-state index contributed by atoms with van der Waals surface area (Å²) in [4.78, 5) is 0.485. The van der Waals surface area contributed by atoms with E-state index in [1.807, 2.05) is 37.2 Å². The fourth-order valence-electron chi connectivity index (χ4n) is 4.33. The molecule has 0 saturated heterocycles. The highest BCUT2D eigenvalue weighted by Gasteiger charge is 2.35. The Balaban J connectivity index is 0.000000210. The summed E-state index contributed by atoms with van der Waals surface area (Å²) in [7, 11) is -0.424. The van der Waals surface area contributed by atoms with Gasteiger partial charge in [0.1, 0.15) is 28.7 Å². The Morgan fingerprint density at radius 1 is 1.09 bits per heavy atom. The maximum Gasteiger partial charge on any atom is 0.299 e. The lowest BCUT2D eigenvalue weighted by atomic mass is 9.71. The Morgan fingerprint density at radius 2 is 1.68 bits per heavy atom. The Morgan fingerprint density at radius 3 is 2.18 bits per heavy atom. The van der Waals surface area contributed by atoms with Gasteiger partial charge in [-0.05, 0) is 54.8 Å².